The van der Waals surface area contributed by atoms with Gasteiger partial charge in [0.25, 0.3) is 0 Å². The van der Waals surface area contributed by atoms with Gasteiger partial charge in [-0.15, -0.1) is 0 Å². The lowest BCUT2D eigenvalue weighted by Crippen LogP contribution is -2.08. The summed E-state index contributed by atoms with van der Waals surface area (Å²) in [5.41, 5.74) is 1.89. The second-order valence-electron chi connectivity index (χ2n) is 3.79. The zero-order valence-electron chi connectivity index (χ0n) is 10.2. The Labute approximate surface area is 106 Å². The van der Waals surface area contributed by atoms with Gasteiger partial charge in [-0.05, 0) is 24.3 Å². The summed E-state index contributed by atoms with van der Waals surface area (Å²) in [6.45, 7) is 1.35. The molecule has 1 heterocycles. The normalized spacial score (nSPS) is 10.3. The highest BCUT2D eigenvalue weighted by atomic mass is 16.5. The minimum absolute atomic E-state index is 0.330. The molecule has 0 saturated carbocycles. The van der Waals surface area contributed by atoms with E-state index in [9.17, 15) is 4.79 Å². The smallest absolute Gasteiger partial charge is 0.185 e. The highest BCUT2D eigenvalue weighted by Gasteiger charge is 2.08. The minimum Gasteiger partial charge on any atom is -0.453 e. The van der Waals surface area contributed by atoms with Crippen molar-refractivity contribution in [3.63, 3.8) is 0 Å². The molecule has 94 valence electrons. The topological polar surface area (TPSA) is 51.5 Å². The van der Waals surface area contributed by atoms with Gasteiger partial charge in [0.2, 0.25) is 0 Å². The molecule has 0 saturated heterocycles. The van der Waals surface area contributed by atoms with Gasteiger partial charge >= 0.3 is 0 Å². The molecule has 18 heavy (non-hydrogen) atoms. The number of ether oxygens (including phenoxy) is 1. The van der Waals surface area contributed by atoms with E-state index < -0.39 is 0 Å². The van der Waals surface area contributed by atoms with Gasteiger partial charge in [0.15, 0.2) is 12.0 Å². The van der Waals surface area contributed by atoms with Crippen molar-refractivity contribution in [3.05, 3.63) is 42.2 Å². The van der Waals surface area contributed by atoms with E-state index in [1.54, 1.807) is 19.2 Å². The molecule has 0 aliphatic rings. The van der Waals surface area contributed by atoms with Crippen molar-refractivity contribution < 1.29 is 13.9 Å². The molecule has 0 aliphatic carbocycles. The van der Waals surface area contributed by atoms with Gasteiger partial charge in [0.05, 0.1) is 6.61 Å². The fourth-order valence-electron chi connectivity index (χ4n) is 1.70. The average molecular weight is 245 g/mol. The number of hydrogen-bond donors (Lipinski definition) is 1. The number of para-hydroxylation sites is 1. The zero-order valence-corrected chi connectivity index (χ0v) is 10.2. The van der Waals surface area contributed by atoms with Crippen LogP contribution in [0, 0.1) is 0 Å². The molecule has 0 unspecified atom stereocenters. The monoisotopic (exact) mass is 245 g/mol. The Morgan fingerprint density at radius 3 is 2.83 bits per heavy atom. The van der Waals surface area contributed by atoms with Crippen LogP contribution in [0.15, 0.2) is 40.8 Å². The number of nitrogens with one attached hydrogen (secondary N) is 1. The molecular formula is C14H15NO3. The molecule has 2 rings (SSSR count). The van der Waals surface area contributed by atoms with Crippen LogP contribution in [0.4, 0.5) is 5.69 Å². The zero-order chi connectivity index (χ0) is 12.8. The molecule has 1 aromatic carbocycles. The number of hydrogen-bond acceptors (Lipinski definition) is 4. The van der Waals surface area contributed by atoms with E-state index in [1.165, 1.54) is 0 Å². The van der Waals surface area contributed by atoms with Crippen LogP contribution in [-0.2, 0) is 4.74 Å². The minimum atomic E-state index is 0.330. The van der Waals surface area contributed by atoms with Gasteiger partial charge < -0.3 is 14.5 Å². The Morgan fingerprint density at radius 1 is 1.28 bits per heavy atom. The summed E-state index contributed by atoms with van der Waals surface area (Å²) in [6, 6.07) is 11.2. The number of anilines is 1. The molecule has 1 N–H and O–H groups in total. The molecule has 4 nitrogen and oxygen atoms in total. The summed E-state index contributed by atoms with van der Waals surface area (Å²) < 4.78 is 10.4. The molecule has 2 aromatic rings. The van der Waals surface area contributed by atoms with E-state index >= 15 is 0 Å². The second kappa shape index (κ2) is 6.02. The van der Waals surface area contributed by atoms with E-state index in [2.05, 4.69) is 5.32 Å². The van der Waals surface area contributed by atoms with E-state index in [4.69, 9.17) is 9.15 Å². The van der Waals surface area contributed by atoms with Crippen LogP contribution in [0.1, 0.15) is 10.6 Å². The van der Waals surface area contributed by atoms with Crippen molar-refractivity contribution in [2.45, 2.75) is 0 Å². The van der Waals surface area contributed by atoms with Crippen molar-refractivity contribution in [3.8, 4) is 11.3 Å². The highest BCUT2D eigenvalue weighted by Crippen LogP contribution is 2.28. The van der Waals surface area contributed by atoms with E-state index in [-0.39, 0.29) is 0 Å². The quantitative estimate of drug-likeness (QED) is 0.628. The summed E-state index contributed by atoms with van der Waals surface area (Å²) in [5.74, 6) is 1.01. The molecule has 1 aromatic heterocycles. The van der Waals surface area contributed by atoms with Gasteiger partial charge in [-0.1, -0.05) is 12.1 Å². The third-order valence-electron chi connectivity index (χ3n) is 2.56. The molecule has 4 heteroatoms. The first-order valence-electron chi connectivity index (χ1n) is 5.72. The molecular weight excluding hydrogens is 230 g/mol. The lowest BCUT2D eigenvalue weighted by molar-refractivity contribution is 0.110. The lowest BCUT2D eigenvalue weighted by atomic mass is 10.1. The summed E-state index contributed by atoms with van der Waals surface area (Å²) in [5, 5.41) is 3.27. The standard InChI is InChI=1S/C14H15NO3/c1-17-9-8-15-13-5-3-2-4-12(13)14-7-6-11(10-16)18-14/h2-7,10,15H,8-9H2,1H3. The molecule has 0 amide bonds. The predicted molar refractivity (Wildman–Crippen MR) is 69.9 cm³/mol. The second-order valence-corrected chi connectivity index (χ2v) is 3.79. The first-order valence-corrected chi connectivity index (χ1v) is 5.72. The number of furan rings is 1. The number of benzene rings is 1. The van der Waals surface area contributed by atoms with Crippen molar-refractivity contribution in [2.24, 2.45) is 0 Å². The fraction of sp³-hybridized carbons (Fsp3) is 0.214. The Hall–Kier alpha value is -2.07. The summed E-state index contributed by atoms with van der Waals surface area (Å²) in [7, 11) is 1.66. The van der Waals surface area contributed by atoms with Crippen LogP contribution in [-0.4, -0.2) is 26.5 Å². The van der Waals surface area contributed by atoms with E-state index in [0.717, 1.165) is 17.8 Å². The van der Waals surface area contributed by atoms with Crippen molar-refractivity contribution in [2.75, 3.05) is 25.6 Å². The number of methoxy groups -OCH3 is 1. The number of carbonyl (C=O) groups is 1. The number of aldehydes is 1. The Balaban J connectivity index is 2.23. The average Bonchev–Trinajstić information content (AvgIpc) is 2.88. The third-order valence-corrected chi connectivity index (χ3v) is 2.56. The van der Waals surface area contributed by atoms with Gasteiger partial charge in [-0.2, -0.15) is 0 Å². The van der Waals surface area contributed by atoms with Gasteiger partial charge in [0, 0.05) is 24.9 Å². The van der Waals surface area contributed by atoms with E-state index in [1.807, 2.05) is 24.3 Å². The van der Waals surface area contributed by atoms with Crippen LogP contribution in [0.3, 0.4) is 0 Å². The van der Waals surface area contributed by atoms with Crippen molar-refractivity contribution in [1.29, 1.82) is 0 Å². The Bertz CT molecular complexity index is 519. The van der Waals surface area contributed by atoms with Crippen LogP contribution in [0.25, 0.3) is 11.3 Å². The Morgan fingerprint density at radius 2 is 2.11 bits per heavy atom. The first-order chi connectivity index (χ1) is 8.85. The van der Waals surface area contributed by atoms with Crippen LogP contribution in [0.2, 0.25) is 0 Å². The Kier molecular flexibility index (Phi) is 4.15. The molecule has 0 atom stereocenters. The third kappa shape index (κ3) is 2.78. The summed E-state index contributed by atoms with van der Waals surface area (Å²) >= 11 is 0. The summed E-state index contributed by atoms with van der Waals surface area (Å²) in [6.07, 6.45) is 0.699. The molecule has 0 radical (unpaired) electrons. The molecule has 0 spiro atoms. The van der Waals surface area contributed by atoms with Crippen molar-refractivity contribution in [1.82, 2.24) is 0 Å². The maximum absolute atomic E-state index is 10.6. The fourth-order valence-corrected chi connectivity index (χ4v) is 1.70. The maximum atomic E-state index is 10.6. The molecule has 0 fully saturated rings. The maximum Gasteiger partial charge on any atom is 0.185 e. The van der Waals surface area contributed by atoms with Gasteiger partial charge in [0.1, 0.15) is 5.76 Å². The summed E-state index contributed by atoms with van der Waals surface area (Å²) in [4.78, 5) is 10.6. The van der Waals surface area contributed by atoms with Crippen molar-refractivity contribution >= 4 is 12.0 Å². The number of carbonyl (C=O) groups excluding carboxylic acids is 1. The van der Waals surface area contributed by atoms with Gasteiger partial charge in [-0.25, -0.2) is 0 Å². The highest BCUT2D eigenvalue weighted by molar-refractivity contribution is 5.77. The van der Waals surface area contributed by atoms with Gasteiger partial charge in [-0.3, -0.25) is 4.79 Å². The largest absolute Gasteiger partial charge is 0.453 e. The van der Waals surface area contributed by atoms with E-state index in [0.29, 0.717) is 24.4 Å². The predicted octanol–water partition coefficient (Wildman–Crippen LogP) is 2.82. The van der Waals surface area contributed by atoms with Crippen LogP contribution in [0.5, 0.6) is 0 Å². The SMILES string of the molecule is COCCNc1ccccc1-c1ccc(C=O)o1. The molecule has 0 bridgehead atoms. The van der Waals surface area contributed by atoms with Crippen LogP contribution >= 0.6 is 0 Å². The number of rotatable bonds is 6. The molecule has 0 aliphatic heterocycles. The first kappa shape index (κ1) is 12.4. The van der Waals surface area contributed by atoms with Crippen LogP contribution < -0.4 is 5.32 Å². The lowest BCUT2D eigenvalue weighted by Gasteiger charge is -2.09.